The molecule has 10 heteroatoms. The number of aromatic nitrogens is 3. The first-order valence-corrected chi connectivity index (χ1v) is 15.4. The molecule has 0 bridgehead atoms. The van der Waals surface area contributed by atoms with Crippen LogP contribution in [0.1, 0.15) is 62.4 Å². The van der Waals surface area contributed by atoms with E-state index in [9.17, 15) is 9.18 Å². The van der Waals surface area contributed by atoms with Gasteiger partial charge in [-0.3, -0.25) is 0 Å². The molecule has 0 saturated carbocycles. The van der Waals surface area contributed by atoms with E-state index in [0.29, 0.717) is 25.5 Å². The molecule has 0 unspecified atom stereocenters. The quantitative estimate of drug-likeness (QED) is 0.308. The molecule has 2 heterocycles. The summed E-state index contributed by atoms with van der Waals surface area (Å²) >= 11 is 6.55. The molecule has 2 N–H and O–H groups in total. The Morgan fingerprint density at radius 1 is 1.31 bits per heavy atom. The molecule has 36 heavy (non-hydrogen) atoms. The fourth-order valence-electron chi connectivity index (χ4n) is 4.44. The van der Waals surface area contributed by atoms with E-state index in [1.54, 1.807) is 12.1 Å². The van der Waals surface area contributed by atoms with E-state index in [1.165, 1.54) is 21.3 Å². The van der Waals surface area contributed by atoms with Gasteiger partial charge in [0.25, 0.3) is 0 Å². The third-order valence-electron chi connectivity index (χ3n) is 6.28. The van der Waals surface area contributed by atoms with E-state index in [1.807, 2.05) is 13.0 Å². The normalized spacial score (nSPS) is 20.1. The van der Waals surface area contributed by atoms with Crippen molar-refractivity contribution in [1.82, 2.24) is 20.1 Å². The third kappa shape index (κ3) is 6.19. The Labute approximate surface area is 226 Å². The maximum atomic E-state index is 13.7. The zero-order chi connectivity index (χ0) is 26.0. The van der Waals surface area contributed by atoms with Crippen LogP contribution >= 0.6 is 11.6 Å². The van der Waals surface area contributed by atoms with Crippen LogP contribution in [0.15, 0.2) is 41.2 Å². The molecule has 2 aromatic carbocycles. The summed E-state index contributed by atoms with van der Waals surface area (Å²) in [4.78, 5) is 18.6. The topological polar surface area (TPSA) is 83.2 Å². The van der Waals surface area contributed by atoms with Gasteiger partial charge in [-0.25, -0.2) is 14.3 Å². The third-order valence-corrected chi connectivity index (χ3v) is 9.14. The molecule has 3 atom stereocenters. The molecule has 0 radical (unpaired) electrons. The summed E-state index contributed by atoms with van der Waals surface area (Å²) in [7, 11) is 0. The second kappa shape index (κ2) is 11.3. The van der Waals surface area contributed by atoms with E-state index in [4.69, 9.17) is 21.1 Å². The first-order valence-electron chi connectivity index (χ1n) is 11.8. The molecule has 1 aromatic heterocycles. The van der Waals surface area contributed by atoms with Crippen LogP contribution in [0.5, 0.6) is 0 Å². The fourth-order valence-corrected chi connectivity index (χ4v) is 7.37. The number of hydrogen-bond acceptors (Lipinski definition) is 5. The van der Waals surface area contributed by atoms with Crippen molar-refractivity contribution in [3.05, 3.63) is 83.8 Å². The summed E-state index contributed by atoms with van der Waals surface area (Å²) in [6.45, 7) is 10.0. The molecule has 0 amide bonds. The second-order valence-electron chi connectivity index (χ2n) is 9.91. The molecule has 4 rings (SSSR count). The van der Waals surface area contributed by atoms with Crippen molar-refractivity contribution in [3.63, 3.8) is 0 Å². The summed E-state index contributed by atoms with van der Waals surface area (Å²) < 4.78 is 27.6. The predicted molar refractivity (Wildman–Crippen MR) is 133 cm³/mol. The standard InChI is InChI=1S/C26H32ClFIN4O3/c1-15(17-12-19(26(2,3)4)22(29-5)20(27)13-17)36-24-23(16-6-8-18(28)9-7-16)33(10-11-35-24)14-21-30-25(34)32-31-21/h6-9,12-13,15,23-24H,10-11,14H2,1-5H3,(H2,30,31,32,34)/q-1/t15-,23+,24-/m1/s1. The minimum atomic E-state index is -0.625. The van der Waals surface area contributed by atoms with Gasteiger partial charge in [-0.2, -0.15) is 0 Å². The van der Waals surface area contributed by atoms with Crippen molar-refractivity contribution in [3.8, 4) is 0 Å². The molecular formula is C26H32ClFIN4O3-. The van der Waals surface area contributed by atoms with Gasteiger partial charge in [-0.15, -0.1) is 0 Å². The molecule has 7 nitrogen and oxygen atoms in total. The number of H-pyrrole nitrogens is 2. The monoisotopic (exact) mass is 629 g/mol. The average Bonchev–Trinajstić information content (AvgIpc) is 3.23. The summed E-state index contributed by atoms with van der Waals surface area (Å²) in [5.74, 6) is 0.202. The van der Waals surface area contributed by atoms with Crippen LogP contribution < -0.4 is 26.9 Å². The van der Waals surface area contributed by atoms with Gasteiger partial charge >= 0.3 is 212 Å². The SMILES string of the molecule is C[I-]c1c(Cl)cc([C@@H](C)O[C@H]2OCCN(Cc3n[nH]c(=O)[nH]3)[C@H]2c2ccc(F)cc2)cc1C(C)(C)C. The van der Waals surface area contributed by atoms with Crippen LogP contribution in [0, 0.1) is 9.39 Å². The van der Waals surface area contributed by atoms with Gasteiger partial charge in [0.05, 0.1) is 0 Å². The molecule has 0 spiro atoms. The van der Waals surface area contributed by atoms with Crippen LogP contribution in [-0.4, -0.2) is 44.5 Å². The van der Waals surface area contributed by atoms with Gasteiger partial charge in [0.15, 0.2) is 0 Å². The van der Waals surface area contributed by atoms with Gasteiger partial charge in [0.2, 0.25) is 0 Å². The number of aromatic amines is 2. The molecule has 1 saturated heterocycles. The summed E-state index contributed by atoms with van der Waals surface area (Å²) in [5.41, 5.74) is 2.69. The zero-order valence-electron chi connectivity index (χ0n) is 21.1. The van der Waals surface area contributed by atoms with Crippen molar-refractivity contribution in [2.24, 2.45) is 0 Å². The Hall–Kier alpha value is -1.79. The van der Waals surface area contributed by atoms with Crippen LogP contribution in [-0.2, 0) is 21.4 Å². The van der Waals surface area contributed by atoms with Gasteiger partial charge in [0.1, 0.15) is 0 Å². The number of hydrogen-bond donors (Lipinski definition) is 2. The zero-order valence-corrected chi connectivity index (χ0v) is 24.0. The molecule has 0 aliphatic carbocycles. The van der Waals surface area contributed by atoms with Gasteiger partial charge in [-0.1, -0.05) is 0 Å². The Morgan fingerprint density at radius 2 is 2.03 bits per heavy atom. The van der Waals surface area contributed by atoms with Crippen molar-refractivity contribution in [1.29, 1.82) is 0 Å². The van der Waals surface area contributed by atoms with Gasteiger partial charge in [0, 0.05) is 0 Å². The minimum absolute atomic E-state index is 0.0420. The van der Waals surface area contributed by atoms with Crippen LogP contribution in [0.3, 0.4) is 0 Å². The van der Waals surface area contributed by atoms with E-state index >= 15 is 0 Å². The van der Waals surface area contributed by atoms with Crippen molar-refractivity contribution < 1.29 is 35.1 Å². The molecule has 3 aromatic rings. The number of alkyl halides is 1. The molecule has 1 aliphatic rings. The summed E-state index contributed by atoms with van der Waals surface area (Å²) in [5, 5.41) is 7.25. The first-order chi connectivity index (χ1) is 17.1. The average molecular weight is 630 g/mol. The molecule has 1 fully saturated rings. The Balaban J connectivity index is 1.65. The van der Waals surface area contributed by atoms with E-state index < -0.39 is 6.29 Å². The first kappa shape index (κ1) is 27.3. The van der Waals surface area contributed by atoms with Crippen molar-refractivity contribution in [2.75, 3.05) is 18.1 Å². The predicted octanol–water partition coefficient (Wildman–Crippen LogP) is 1.75. The van der Waals surface area contributed by atoms with Crippen molar-refractivity contribution in [2.45, 2.75) is 58.1 Å². The van der Waals surface area contributed by atoms with Crippen molar-refractivity contribution >= 4 is 11.6 Å². The maximum absolute atomic E-state index is 13.7. The Morgan fingerprint density at radius 3 is 2.64 bits per heavy atom. The van der Waals surface area contributed by atoms with E-state index in [-0.39, 0.29) is 50.3 Å². The molecule has 1 aliphatic heterocycles. The molecule has 196 valence electrons. The van der Waals surface area contributed by atoms with E-state index in [0.717, 1.165) is 16.1 Å². The number of ether oxygens (including phenoxy) is 2. The van der Waals surface area contributed by atoms with E-state index in [2.05, 4.69) is 51.8 Å². The number of morpholine rings is 1. The van der Waals surface area contributed by atoms with Crippen LogP contribution in [0.2, 0.25) is 5.02 Å². The van der Waals surface area contributed by atoms with Crippen LogP contribution in [0.25, 0.3) is 0 Å². The Bertz CT molecular complexity index is 1240. The molecular weight excluding hydrogens is 598 g/mol. The number of nitrogens with zero attached hydrogens (tertiary/aromatic N) is 2. The van der Waals surface area contributed by atoms with Gasteiger partial charge < -0.3 is 0 Å². The fraction of sp³-hybridized carbons (Fsp3) is 0.462. The Kier molecular flexibility index (Phi) is 8.56. The van der Waals surface area contributed by atoms with Crippen LogP contribution in [0.4, 0.5) is 4.39 Å². The number of halogens is 3. The summed E-state index contributed by atoms with van der Waals surface area (Å²) in [6.07, 6.45) is -0.925. The number of benzene rings is 2. The second-order valence-corrected chi connectivity index (χ2v) is 12.5. The van der Waals surface area contributed by atoms with Gasteiger partial charge in [-0.05, 0) is 0 Å². The number of rotatable bonds is 7. The summed E-state index contributed by atoms with van der Waals surface area (Å²) in [6, 6.07) is 10.2. The number of nitrogens with one attached hydrogen (secondary N) is 2.